The molecule has 0 aromatic heterocycles. The van der Waals surface area contributed by atoms with Crippen molar-refractivity contribution in [2.45, 2.75) is 13.5 Å². The van der Waals surface area contributed by atoms with E-state index in [0.717, 1.165) is 28.0 Å². The van der Waals surface area contributed by atoms with Crippen molar-refractivity contribution in [2.75, 3.05) is 0 Å². The topological polar surface area (TPSA) is 47.9 Å². The smallest absolute Gasteiger partial charge is 0.363 e. The zero-order valence-electron chi connectivity index (χ0n) is 17.6. The van der Waals surface area contributed by atoms with E-state index in [9.17, 15) is 4.79 Å². The number of fused-ring (bicyclic) bond motifs is 1. The van der Waals surface area contributed by atoms with Crippen LogP contribution in [0.4, 0.5) is 0 Å². The van der Waals surface area contributed by atoms with Gasteiger partial charge in [-0.05, 0) is 59.2 Å². The minimum absolute atomic E-state index is 0.282. The number of esters is 1. The summed E-state index contributed by atoms with van der Waals surface area (Å²) in [5.74, 6) is 0.645. The second kappa shape index (κ2) is 8.52. The maximum absolute atomic E-state index is 12.2. The van der Waals surface area contributed by atoms with Crippen molar-refractivity contribution in [2.24, 2.45) is 4.99 Å². The highest BCUT2D eigenvalue weighted by Crippen LogP contribution is 2.23. The van der Waals surface area contributed by atoms with Gasteiger partial charge in [-0.1, -0.05) is 72.3 Å². The highest BCUT2D eigenvalue weighted by atomic mass is 16.6. The van der Waals surface area contributed by atoms with Gasteiger partial charge in [-0.15, -0.1) is 0 Å². The van der Waals surface area contributed by atoms with Crippen molar-refractivity contribution >= 4 is 28.7 Å². The van der Waals surface area contributed by atoms with Crippen LogP contribution in [0.3, 0.4) is 0 Å². The number of carbonyl (C=O) groups is 1. The molecular formula is C28H21NO3. The van der Waals surface area contributed by atoms with Crippen LogP contribution in [0, 0.1) is 6.92 Å². The molecule has 4 nitrogen and oxygen atoms in total. The standard InChI is InChI=1S/C28H21NO3/c1-19-9-13-22(14-10-19)27-29-26(28(30)32-27)17-20-11-15-24(16-12-20)31-18-23-7-4-6-21-5-2-3-8-25(21)23/h2-17H,18H2,1H3. The number of cyclic esters (lactones) is 1. The lowest BCUT2D eigenvalue weighted by Gasteiger charge is -2.09. The first-order chi connectivity index (χ1) is 15.7. The zero-order valence-corrected chi connectivity index (χ0v) is 17.6. The number of aryl methyl sites for hydroxylation is 1. The van der Waals surface area contributed by atoms with Gasteiger partial charge in [0.2, 0.25) is 5.90 Å². The fraction of sp³-hybridized carbons (Fsp3) is 0.0714. The second-order valence-corrected chi connectivity index (χ2v) is 7.70. The highest BCUT2D eigenvalue weighted by molar-refractivity contribution is 6.12. The van der Waals surface area contributed by atoms with Crippen LogP contribution >= 0.6 is 0 Å². The molecule has 0 amide bonds. The van der Waals surface area contributed by atoms with Gasteiger partial charge in [-0.25, -0.2) is 9.79 Å². The van der Waals surface area contributed by atoms with Gasteiger partial charge in [0.15, 0.2) is 5.70 Å². The minimum Gasteiger partial charge on any atom is -0.489 e. The van der Waals surface area contributed by atoms with E-state index >= 15 is 0 Å². The molecule has 0 spiro atoms. The fourth-order valence-corrected chi connectivity index (χ4v) is 3.63. The minimum atomic E-state index is -0.447. The largest absolute Gasteiger partial charge is 0.489 e. The molecule has 0 radical (unpaired) electrons. The lowest BCUT2D eigenvalue weighted by molar-refractivity contribution is -0.129. The van der Waals surface area contributed by atoms with Gasteiger partial charge in [0.05, 0.1) is 0 Å². The van der Waals surface area contributed by atoms with Gasteiger partial charge in [-0.2, -0.15) is 0 Å². The van der Waals surface area contributed by atoms with Crippen LogP contribution in [0.15, 0.2) is 102 Å². The number of ether oxygens (including phenoxy) is 2. The first-order valence-electron chi connectivity index (χ1n) is 10.4. The Labute approximate surface area is 186 Å². The van der Waals surface area contributed by atoms with E-state index < -0.39 is 5.97 Å². The quantitative estimate of drug-likeness (QED) is 0.291. The number of rotatable bonds is 5. The van der Waals surface area contributed by atoms with Crippen LogP contribution in [0.5, 0.6) is 5.75 Å². The molecule has 0 aliphatic carbocycles. The average molecular weight is 419 g/mol. The molecule has 4 heteroatoms. The molecule has 0 saturated carbocycles. The van der Waals surface area contributed by atoms with Gasteiger partial charge in [-0.3, -0.25) is 0 Å². The summed E-state index contributed by atoms with van der Waals surface area (Å²) in [6, 6.07) is 29.8. The predicted octanol–water partition coefficient (Wildman–Crippen LogP) is 6.07. The molecule has 0 saturated heterocycles. The maximum atomic E-state index is 12.2. The Kier molecular flexibility index (Phi) is 5.26. The zero-order chi connectivity index (χ0) is 21.9. The first-order valence-corrected chi connectivity index (χ1v) is 10.4. The van der Waals surface area contributed by atoms with Crippen molar-refractivity contribution in [1.82, 2.24) is 0 Å². The van der Waals surface area contributed by atoms with E-state index in [1.807, 2.05) is 73.7 Å². The molecule has 1 aliphatic heterocycles. The molecule has 156 valence electrons. The van der Waals surface area contributed by atoms with Crippen LogP contribution in [0.2, 0.25) is 0 Å². The summed E-state index contributed by atoms with van der Waals surface area (Å²) < 4.78 is 11.3. The maximum Gasteiger partial charge on any atom is 0.363 e. The summed E-state index contributed by atoms with van der Waals surface area (Å²) >= 11 is 0. The van der Waals surface area contributed by atoms with E-state index in [1.165, 1.54) is 10.8 Å². The number of carbonyl (C=O) groups excluding carboxylic acids is 1. The molecule has 0 N–H and O–H groups in total. The molecule has 0 fully saturated rings. The van der Waals surface area contributed by atoms with Crippen LogP contribution in [0.25, 0.3) is 16.8 Å². The van der Waals surface area contributed by atoms with Crippen molar-refractivity contribution in [3.8, 4) is 5.75 Å². The van der Waals surface area contributed by atoms with Crippen LogP contribution in [-0.4, -0.2) is 11.9 Å². The Morgan fingerprint density at radius 1 is 0.875 bits per heavy atom. The van der Waals surface area contributed by atoms with E-state index in [-0.39, 0.29) is 5.70 Å². The Balaban J connectivity index is 1.30. The molecular weight excluding hydrogens is 398 g/mol. The van der Waals surface area contributed by atoms with Gasteiger partial charge < -0.3 is 9.47 Å². The summed E-state index contributed by atoms with van der Waals surface area (Å²) in [6.07, 6.45) is 1.72. The first kappa shape index (κ1) is 19.8. The summed E-state index contributed by atoms with van der Waals surface area (Å²) in [7, 11) is 0. The van der Waals surface area contributed by atoms with Crippen molar-refractivity contribution in [3.63, 3.8) is 0 Å². The van der Waals surface area contributed by atoms with Crippen molar-refractivity contribution in [3.05, 3.63) is 119 Å². The molecule has 0 atom stereocenters. The third-order valence-electron chi connectivity index (χ3n) is 5.38. The molecule has 4 aromatic carbocycles. The second-order valence-electron chi connectivity index (χ2n) is 7.70. The van der Waals surface area contributed by atoms with Crippen molar-refractivity contribution in [1.29, 1.82) is 0 Å². The Hall–Kier alpha value is -4.18. The highest BCUT2D eigenvalue weighted by Gasteiger charge is 2.24. The number of nitrogens with zero attached hydrogens (tertiary/aromatic N) is 1. The molecule has 0 unspecified atom stereocenters. The summed E-state index contributed by atoms with van der Waals surface area (Å²) in [5.41, 5.74) is 4.19. The summed E-state index contributed by atoms with van der Waals surface area (Å²) in [5, 5.41) is 2.39. The van der Waals surface area contributed by atoms with Gasteiger partial charge >= 0.3 is 5.97 Å². The van der Waals surface area contributed by atoms with Crippen LogP contribution in [0.1, 0.15) is 22.3 Å². The Morgan fingerprint density at radius 2 is 1.62 bits per heavy atom. The van der Waals surface area contributed by atoms with E-state index in [1.54, 1.807) is 6.08 Å². The van der Waals surface area contributed by atoms with E-state index in [2.05, 4.69) is 29.3 Å². The number of aliphatic imine (C=N–C) groups is 1. The molecule has 1 heterocycles. The van der Waals surface area contributed by atoms with E-state index in [0.29, 0.717) is 12.5 Å². The fourth-order valence-electron chi connectivity index (χ4n) is 3.63. The Morgan fingerprint density at radius 3 is 2.44 bits per heavy atom. The van der Waals surface area contributed by atoms with Crippen LogP contribution < -0.4 is 4.74 Å². The van der Waals surface area contributed by atoms with E-state index in [4.69, 9.17) is 9.47 Å². The summed E-state index contributed by atoms with van der Waals surface area (Å²) in [4.78, 5) is 16.6. The normalized spacial score (nSPS) is 14.5. The van der Waals surface area contributed by atoms with Crippen LogP contribution in [-0.2, 0) is 16.1 Å². The SMILES string of the molecule is Cc1ccc(C2=NC(=Cc3ccc(OCc4cccc5ccccc45)cc3)C(=O)O2)cc1. The number of benzene rings is 4. The molecule has 32 heavy (non-hydrogen) atoms. The number of hydrogen-bond donors (Lipinski definition) is 0. The van der Waals surface area contributed by atoms with Crippen molar-refractivity contribution < 1.29 is 14.3 Å². The van der Waals surface area contributed by atoms with Gasteiger partial charge in [0.25, 0.3) is 0 Å². The monoisotopic (exact) mass is 419 g/mol. The third kappa shape index (κ3) is 4.16. The molecule has 4 aromatic rings. The van der Waals surface area contributed by atoms with Gasteiger partial charge in [0.1, 0.15) is 12.4 Å². The molecule has 1 aliphatic rings. The average Bonchev–Trinajstić information content (AvgIpc) is 3.19. The lowest BCUT2D eigenvalue weighted by atomic mass is 10.1. The molecule has 0 bridgehead atoms. The molecule has 5 rings (SSSR count). The number of hydrogen-bond acceptors (Lipinski definition) is 4. The predicted molar refractivity (Wildman–Crippen MR) is 127 cm³/mol. The Bertz CT molecular complexity index is 1340. The third-order valence-corrected chi connectivity index (χ3v) is 5.38. The summed E-state index contributed by atoms with van der Waals surface area (Å²) in [6.45, 7) is 2.49. The van der Waals surface area contributed by atoms with Gasteiger partial charge in [0, 0.05) is 5.56 Å². The lowest BCUT2D eigenvalue weighted by Crippen LogP contribution is -2.05.